The van der Waals surface area contributed by atoms with Crippen LogP contribution in [-0.2, 0) is 6.42 Å². The van der Waals surface area contributed by atoms with Crippen LogP contribution in [0.3, 0.4) is 0 Å². The van der Waals surface area contributed by atoms with Crippen LogP contribution in [0, 0.1) is 0 Å². The fourth-order valence-electron chi connectivity index (χ4n) is 1.59. The molecular formula is C9H11N3O. The van der Waals surface area contributed by atoms with Crippen molar-refractivity contribution in [3.05, 3.63) is 23.8 Å². The Bertz CT molecular complexity index is 349. The summed E-state index contributed by atoms with van der Waals surface area (Å²) in [5, 5.41) is 5.83. The molecule has 4 N–H and O–H groups in total. The van der Waals surface area contributed by atoms with Gasteiger partial charge in [-0.1, -0.05) is 6.07 Å². The van der Waals surface area contributed by atoms with Crippen molar-refractivity contribution in [2.75, 3.05) is 17.2 Å². The molecule has 0 radical (unpaired) electrons. The summed E-state index contributed by atoms with van der Waals surface area (Å²) in [5.41, 5.74) is 8.09. The topological polar surface area (TPSA) is 67.2 Å². The molecule has 0 aromatic heterocycles. The summed E-state index contributed by atoms with van der Waals surface area (Å²) >= 11 is 0. The number of hydrogen-bond donors (Lipinski definition) is 3. The number of carbonyl (C=O) groups excluding carboxylic acids is 1. The Kier molecular flexibility index (Phi) is 1.81. The van der Waals surface area contributed by atoms with E-state index in [0.29, 0.717) is 0 Å². The predicted molar refractivity (Wildman–Crippen MR) is 51.8 cm³/mol. The van der Waals surface area contributed by atoms with E-state index >= 15 is 0 Å². The first-order chi connectivity index (χ1) is 6.27. The van der Waals surface area contributed by atoms with E-state index in [4.69, 9.17) is 5.73 Å². The Labute approximate surface area is 76.1 Å². The van der Waals surface area contributed by atoms with Crippen LogP contribution in [0.5, 0.6) is 0 Å². The molecule has 0 saturated carbocycles. The highest BCUT2D eigenvalue weighted by molar-refractivity contribution is 5.90. The normalized spacial score (nSPS) is 13.2. The van der Waals surface area contributed by atoms with Crippen LogP contribution in [0.4, 0.5) is 16.2 Å². The van der Waals surface area contributed by atoms with Crippen LogP contribution in [0.15, 0.2) is 18.2 Å². The summed E-state index contributed by atoms with van der Waals surface area (Å²) in [6, 6.07) is 5.23. The number of carbonyl (C=O) groups is 1. The Hall–Kier alpha value is -1.71. The zero-order chi connectivity index (χ0) is 9.26. The molecule has 2 rings (SSSR count). The first kappa shape index (κ1) is 7.91. The minimum Gasteiger partial charge on any atom is -0.384 e. The largest absolute Gasteiger partial charge is 0.384 e. The van der Waals surface area contributed by atoms with E-state index in [1.807, 2.05) is 18.2 Å². The highest BCUT2D eigenvalue weighted by Gasteiger charge is 2.13. The quantitative estimate of drug-likeness (QED) is 0.602. The van der Waals surface area contributed by atoms with E-state index in [0.717, 1.165) is 29.9 Å². The van der Waals surface area contributed by atoms with Gasteiger partial charge in [0.1, 0.15) is 0 Å². The van der Waals surface area contributed by atoms with Crippen molar-refractivity contribution in [2.24, 2.45) is 5.73 Å². The Morgan fingerprint density at radius 3 is 3.15 bits per heavy atom. The second-order valence-electron chi connectivity index (χ2n) is 3.00. The number of primary amides is 1. The first-order valence-electron chi connectivity index (χ1n) is 4.19. The summed E-state index contributed by atoms with van der Waals surface area (Å²) in [5.74, 6) is 0. The standard InChI is InChI=1S/C9H11N3O/c10-9(13)12-8-3-1-2-7-6(8)4-5-11-7/h1-3,11H,4-5H2,(H3,10,12,13). The number of fused-ring (bicyclic) bond motifs is 1. The molecule has 13 heavy (non-hydrogen) atoms. The summed E-state index contributed by atoms with van der Waals surface area (Å²) in [7, 11) is 0. The number of benzene rings is 1. The second-order valence-corrected chi connectivity index (χ2v) is 3.00. The third-order valence-corrected chi connectivity index (χ3v) is 2.12. The number of urea groups is 1. The van der Waals surface area contributed by atoms with Crippen LogP contribution >= 0.6 is 0 Å². The van der Waals surface area contributed by atoms with Crippen molar-refractivity contribution in [1.82, 2.24) is 0 Å². The van der Waals surface area contributed by atoms with E-state index < -0.39 is 6.03 Å². The molecule has 0 atom stereocenters. The molecule has 4 heteroatoms. The average molecular weight is 177 g/mol. The maximum Gasteiger partial charge on any atom is 0.316 e. The van der Waals surface area contributed by atoms with Crippen molar-refractivity contribution < 1.29 is 4.79 Å². The average Bonchev–Trinajstić information content (AvgIpc) is 2.51. The van der Waals surface area contributed by atoms with Gasteiger partial charge in [-0.2, -0.15) is 0 Å². The number of rotatable bonds is 1. The Balaban J connectivity index is 2.36. The van der Waals surface area contributed by atoms with Gasteiger partial charge in [0.15, 0.2) is 0 Å². The first-order valence-corrected chi connectivity index (χ1v) is 4.19. The summed E-state index contributed by atoms with van der Waals surface area (Å²) < 4.78 is 0. The zero-order valence-electron chi connectivity index (χ0n) is 7.13. The molecule has 2 amide bonds. The smallest absolute Gasteiger partial charge is 0.316 e. The lowest BCUT2D eigenvalue weighted by molar-refractivity contribution is 0.259. The van der Waals surface area contributed by atoms with Gasteiger partial charge in [0.25, 0.3) is 0 Å². The zero-order valence-corrected chi connectivity index (χ0v) is 7.13. The maximum atomic E-state index is 10.7. The minimum atomic E-state index is -0.514. The van der Waals surface area contributed by atoms with E-state index in [2.05, 4.69) is 10.6 Å². The molecule has 0 spiro atoms. The van der Waals surface area contributed by atoms with Crippen LogP contribution in [0.25, 0.3) is 0 Å². The molecule has 1 aromatic rings. The maximum absolute atomic E-state index is 10.7. The number of nitrogens with one attached hydrogen (secondary N) is 2. The highest BCUT2D eigenvalue weighted by Crippen LogP contribution is 2.28. The third-order valence-electron chi connectivity index (χ3n) is 2.12. The fourth-order valence-corrected chi connectivity index (χ4v) is 1.59. The molecule has 1 aliphatic rings. The van der Waals surface area contributed by atoms with Crippen molar-refractivity contribution in [1.29, 1.82) is 0 Å². The van der Waals surface area contributed by atoms with Gasteiger partial charge in [-0.15, -0.1) is 0 Å². The van der Waals surface area contributed by atoms with Crippen LogP contribution in [0.1, 0.15) is 5.56 Å². The van der Waals surface area contributed by atoms with Gasteiger partial charge >= 0.3 is 6.03 Å². The van der Waals surface area contributed by atoms with Gasteiger partial charge in [-0.25, -0.2) is 4.79 Å². The molecule has 1 aliphatic heterocycles. The van der Waals surface area contributed by atoms with Crippen LogP contribution < -0.4 is 16.4 Å². The van der Waals surface area contributed by atoms with Crippen molar-refractivity contribution >= 4 is 17.4 Å². The second kappa shape index (κ2) is 2.97. The van der Waals surface area contributed by atoms with Crippen molar-refractivity contribution in [2.45, 2.75) is 6.42 Å². The molecule has 0 bridgehead atoms. The number of anilines is 2. The lowest BCUT2D eigenvalue weighted by Crippen LogP contribution is -2.19. The monoisotopic (exact) mass is 177 g/mol. The van der Waals surface area contributed by atoms with Gasteiger partial charge in [0, 0.05) is 23.5 Å². The lowest BCUT2D eigenvalue weighted by Gasteiger charge is -2.06. The number of amides is 2. The molecule has 4 nitrogen and oxygen atoms in total. The van der Waals surface area contributed by atoms with Crippen molar-refractivity contribution in [3.63, 3.8) is 0 Å². The molecule has 1 aromatic carbocycles. The van der Waals surface area contributed by atoms with Crippen LogP contribution in [-0.4, -0.2) is 12.6 Å². The molecule has 68 valence electrons. The van der Waals surface area contributed by atoms with Crippen LogP contribution in [0.2, 0.25) is 0 Å². The SMILES string of the molecule is NC(=O)Nc1cccc2c1CCN2. The van der Waals surface area contributed by atoms with E-state index in [9.17, 15) is 4.79 Å². The summed E-state index contributed by atoms with van der Waals surface area (Å²) in [6.45, 7) is 0.923. The Morgan fingerprint density at radius 2 is 2.38 bits per heavy atom. The van der Waals surface area contributed by atoms with Gasteiger partial charge in [0.2, 0.25) is 0 Å². The van der Waals surface area contributed by atoms with Gasteiger partial charge in [-0.3, -0.25) is 0 Å². The molecule has 0 unspecified atom stereocenters. The van der Waals surface area contributed by atoms with Gasteiger partial charge in [0.05, 0.1) is 0 Å². The highest BCUT2D eigenvalue weighted by atomic mass is 16.2. The summed E-state index contributed by atoms with van der Waals surface area (Å²) in [6.07, 6.45) is 0.936. The summed E-state index contributed by atoms with van der Waals surface area (Å²) in [4.78, 5) is 10.7. The van der Waals surface area contributed by atoms with E-state index in [-0.39, 0.29) is 0 Å². The van der Waals surface area contributed by atoms with Gasteiger partial charge in [-0.05, 0) is 18.6 Å². The van der Waals surface area contributed by atoms with E-state index in [1.54, 1.807) is 0 Å². The van der Waals surface area contributed by atoms with Gasteiger partial charge < -0.3 is 16.4 Å². The lowest BCUT2D eigenvalue weighted by atomic mass is 10.1. The van der Waals surface area contributed by atoms with Crippen molar-refractivity contribution in [3.8, 4) is 0 Å². The minimum absolute atomic E-state index is 0.514. The van der Waals surface area contributed by atoms with E-state index in [1.165, 1.54) is 0 Å². The predicted octanol–water partition coefficient (Wildman–Crippen LogP) is 1.15. The number of hydrogen-bond acceptors (Lipinski definition) is 2. The third kappa shape index (κ3) is 1.42. The molecule has 1 heterocycles. The molecule has 0 saturated heterocycles. The fraction of sp³-hybridized carbons (Fsp3) is 0.222. The Morgan fingerprint density at radius 1 is 1.54 bits per heavy atom. The molecular weight excluding hydrogens is 166 g/mol. The molecule has 0 fully saturated rings. The number of nitrogens with two attached hydrogens (primary N) is 1. The molecule has 0 aliphatic carbocycles.